The predicted molar refractivity (Wildman–Crippen MR) is 85.4 cm³/mol. The summed E-state index contributed by atoms with van der Waals surface area (Å²) < 4.78 is 10.3. The minimum Gasteiger partial charge on any atom is -0.496 e. The number of hydrogen-bond donors (Lipinski definition) is 2. The summed E-state index contributed by atoms with van der Waals surface area (Å²) in [5, 5.41) is 7.79. The third-order valence-electron chi connectivity index (χ3n) is 2.62. The highest BCUT2D eigenvalue weighted by Gasteiger charge is 2.06. The van der Waals surface area contributed by atoms with Crippen LogP contribution in [-0.4, -0.2) is 37.7 Å². The first-order valence-corrected chi connectivity index (χ1v) is 6.72. The highest BCUT2D eigenvalue weighted by atomic mass is 32.1. The van der Waals surface area contributed by atoms with E-state index in [-0.39, 0.29) is 6.04 Å². The molecule has 0 aliphatic rings. The van der Waals surface area contributed by atoms with E-state index in [2.05, 4.69) is 15.8 Å². The Morgan fingerprint density at radius 2 is 2.05 bits per heavy atom. The van der Waals surface area contributed by atoms with Gasteiger partial charge in [-0.25, -0.2) is 0 Å². The maximum absolute atomic E-state index is 5.30. The van der Waals surface area contributed by atoms with Crippen LogP contribution in [0.2, 0.25) is 0 Å². The molecule has 5 nitrogen and oxygen atoms in total. The number of methoxy groups -OCH3 is 2. The Hall–Kier alpha value is -1.66. The van der Waals surface area contributed by atoms with Crippen LogP contribution in [0.5, 0.6) is 5.75 Å². The largest absolute Gasteiger partial charge is 0.496 e. The van der Waals surface area contributed by atoms with E-state index < -0.39 is 0 Å². The molecule has 0 fully saturated rings. The fourth-order valence-corrected chi connectivity index (χ4v) is 1.93. The molecule has 0 aliphatic carbocycles. The van der Waals surface area contributed by atoms with E-state index in [1.165, 1.54) is 0 Å². The molecule has 0 saturated heterocycles. The second kappa shape index (κ2) is 8.50. The first-order valence-electron chi connectivity index (χ1n) is 6.31. The fraction of sp³-hybridized carbons (Fsp3) is 0.429. The lowest BCUT2D eigenvalue weighted by Crippen LogP contribution is -2.40. The van der Waals surface area contributed by atoms with Gasteiger partial charge in [0.05, 0.1) is 19.4 Å². The molecule has 1 aromatic carbocycles. The Morgan fingerprint density at radius 1 is 1.35 bits per heavy atom. The smallest absolute Gasteiger partial charge is 0.187 e. The van der Waals surface area contributed by atoms with E-state index >= 15 is 0 Å². The Kier molecular flexibility index (Phi) is 6.97. The van der Waals surface area contributed by atoms with Gasteiger partial charge in [0.1, 0.15) is 5.75 Å². The average molecular weight is 295 g/mol. The Bertz CT molecular complexity index is 477. The molecule has 0 saturated carbocycles. The van der Waals surface area contributed by atoms with Crippen LogP contribution in [0.15, 0.2) is 29.4 Å². The number of hydrogen-bond acceptors (Lipinski definition) is 4. The number of para-hydroxylation sites is 1. The highest BCUT2D eigenvalue weighted by molar-refractivity contribution is 7.80. The molecule has 0 aromatic heterocycles. The van der Waals surface area contributed by atoms with Gasteiger partial charge in [0.2, 0.25) is 0 Å². The molecular formula is C14H21N3O2S. The summed E-state index contributed by atoms with van der Waals surface area (Å²) in [4.78, 5) is 0. The third kappa shape index (κ3) is 5.14. The molecule has 0 bridgehead atoms. The van der Waals surface area contributed by atoms with E-state index in [4.69, 9.17) is 21.7 Å². The van der Waals surface area contributed by atoms with Crippen molar-refractivity contribution < 1.29 is 9.47 Å². The average Bonchev–Trinajstić information content (AvgIpc) is 2.44. The molecule has 0 aliphatic heterocycles. The molecular weight excluding hydrogens is 274 g/mol. The van der Waals surface area contributed by atoms with Gasteiger partial charge in [-0.2, -0.15) is 5.10 Å². The van der Waals surface area contributed by atoms with Crippen molar-refractivity contribution in [3.63, 3.8) is 0 Å². The first kappa shape index (κ1) is 16.4. The van der Waals surface area contributed by atoms with Crippen molar-refractivity contribution >= 4 is 23.0 Å². The van der Waals surface area contributed by atoms with Crippen LogP contribution in [0.25, 0.3) is 0 Å². The normalized spacial score (nSPS) is 12.7. The molecule has 6 heteroatoms. The summed E-state index contributed by atoms with van der Waals surface area (Å²) in [5.41, 5.74) is 4.54. The summed E-state index contributed by atoms with van der Waals surface area (Å²) in [5.74, 6) is 0.780. The summed E-state index contributed by atoms with van der Waals surface area (Å²) in [6.07, 6.45) is 0. The fourth-order valence-electron chi connectivity index (χ4n) is 1.69. The molecule has 0 amide bonds. The van der Waals surface area contributed by atoms with Gasteiger partial charge in [-0.1, -0.05) is 12.1 Å². The van der Waals surface area contributed by atoms with Crippen LogP contribution in [0.1, 0.15) is 19.4 Å². The molecule has 0 radical (unpaired) electrons. The van der Waals surface area contributed by atoms with Crippen LogP contribution in [0.4, 0.5) is 0 Å². The third-order valence-corrected chi connectivity index (χ3v) is 2.83. The van der Waals surface area contributed by atoms with Crippen molar-refractivity contribution in [3.8, 4) is 5.75 Å². The zero-order valence-electron chi connectivity index (χ0n) is 12.3. The Morgan fingerprint density at radius 3 is 2.70 bits per heavy atom. The summed E-state index contributed by atoms with van der Waals surface area (Å²) in [6.45, 7) is 4.46. The van der Waals surface area contributed by atoms with Gasteiger partial charge in [-0.15, -0.1) is 0 Å². The minimum absolute atomic E-state index is 0.127. The minimum atomic E-state index is 0.127. The van der Waals surface area contributed by atoms with E-state index in [9.17, 15) is 0 Å². The lowest BCUT2D eigenvalue weighted by atomic mass is 10.1. The van der Waals surface area contributed by atoms with Crippen LogP contribution in [0.3, 0.4) is 0 Å². The molecule has 110 valence electrons. The molecule has 1 aromatic rings. The standard InChI is InChI=1S/C14H21N3O2S/c1-10(9-18-3)15-14(20)17-16-11(2)12-7-5-6-8-13(12)19-4/h5-8,10H,9H2,1-4H3,(H2,15,17,20)/b16-11-/t10-/m1/s1. The van der Waals surface area contributed by atoms with E-state index in [1.807, 2.05) is 38.1 Å². The number of nitrogens with zero attached hydrogens (tertiary/aromatic N) is 1. The predicted octanol–water partition coefficient (Wildman–Crippen LogP) is 1.92. The van der Waals surface area contributed by atoms with Gasteiger partial charge in [0.15, 0.2) is 5.11 Å². The van der Waals surface area contributed by atoms with Crippen molar-refractivity contribution in [3.05, 3.63) is 29.8 Å². The Labute approximate surface area is 125 Å². The zero-order chi connectivity index (χ0) is 15.0. The van der Waals surface area contributed by atoms with E-state index in [0.29, 0.717) is 11.7 Å². The highest BCUT2D eigenvalue weighted by Crippen LogP contribution is 2.17. The second-order valence-electron chi connectivity index (χ2n) is 4.34. The van der Waals surface area contributed by atoms with Crippen LogP contribution >= 0.6 is 12.2 Å². The SMILES string of the molecule is COC[C@@H](C)NC(=S)N/N=C(/C)c1ccccc1OC. The maximum Gasteiger partial charge on any atom is 0.187 e. The number of benzene rings is 1. The number of hydrazone groups is 1. The summed E-state index contributed by atoms with van der Waals surface area (Å²) in [6, 6.07) is 7.83. The number of nitrogens with one attached hydrogen (secondary N) is 2. The van der Waals surface area contributed by atoms with Crippen molar-refractivity contribution in [1.29, 1.82) is 0 Å². The number of rotatable bonds is 6. The van der Waals surface area contributed by atoms with Crippen LogP contribution in [-0.2, 0) is 4.74 Å². The molecule has 0 unspecified atom stereocenters. The van der Waals surface area contributed by atoms with Crippen molar-refractivity contribution in [1.82, 2.24) is 10.7 Å². The van der Waals surface area contributed by atoms with Gasteiger partial charge in [-0.3, -0.25) is 5.43 Å². The van der Waals surface area contributed by atoms with Crippen LogP contribution in [0, 0.1) is 0 Å². The lowest BCUT2D eigenvalue weighted by Gasteiger charge is -2.14. The van der Waals surface area contributed by atoms with Crippen molar-refractivity contribution in [2.24, 2.45) is 5.10 Å². The first-order chi connectivity index (χ1) is 9.58. The Balaban J connectivity index is 2.63. The summed E-state index contributed by atoms with van der Waals surface area (Å²) >= 11 is 5.16. The van der Waals surface area contributed by atoms with E-state index in [1.54, 1.807) is 14.2 Å². The molecule has 2 N–H and O–H groups in total. The molecule has 20 heavy (non-hydrogen) atoms. The monoisotopic (exact) mass is 295 g/mol. The molecule has 1 rings (SSSR count). The molecule has 0 heterocycles. The van der Waals surface area contributed by atoms with Gasteiger partial charge < -0.3 is 14.8 Å². The lowest BCUT2D eigenvalue weighted by molar-refractivity contribution is 0.179. The number of ether oxygens (including phenoxy) is 2. The van der Waals surface area contributed by atoms with Crippen LogP contribution < -0.4 is 15.5 Å². The van der Waals surface area contributed by atoms with Gasteiger partial charge >= 0.3 is 0 Å². The van der Waals surface area contributed by atoms with Gasteiger partial charge in [-0.05, 0) is 38.2 Å². The zero-order valence-corrected chi connectivity index (χ0v) is 13.1. The van der Waals surface area contributed by atoms with Crippen molar-refractivity contribution in [2.75, 3.05) is 20.8 Å². The second-order valence-corrected chi connectivity index (χ2v) is 4.75. The quantitative estimate of drug-likeness (QED) is 0.477. The molecule has 1 atom stereocenters. The number of thiocarbonyl (C=S) groups is 1. The van der Waals surface area contributed by atoms with Crippen molar-refractivity contribution in [2.45, 2.75) is 19.9 Å². The maximum atomic E-state index is 5.30. The van der Waals surface area contributed by atoms with Gasteiger partial charge in [0.25, 0.3) is 0 Å². The summed E-state index contributed by atoms with van der Waals surface area (Å²) in [7, 11) is 3.29. The van der Waals surface area contributed by atoms with E-state index in [0.717, 1.165) is 17.0 Å². The van der Waals surface area contributed by atoms with Gasteiger partial charge in [0, 0.05) is 18.7 Å². The molecule has 0 spiro atoms. The topological polar surface area (TPSA) is 54.9 Å².